The number of imidazole rings is 1. The van der Waals surface area contributed by atoms with Gasteiger partial charge in [-0.25, -0.2) is 4.98 Å². The van der Waals surface area contributed by atoms with Gasteiger partial charge in [0.15, 0.2) is 17.3 Å². The van der Waals surface area contributed by atoms with Crippen LogP contribution in [0.15, 0.2) is 35.1 Å². The van der Waals surface area contributed by atoms with Crippen LogP contribution >= 0.6 is 0 Å². The second-order valence-corrected chi connectivity index (χ2v) is 6.29. The maximum absolute atomic E-state index is 5.66. The first-order valence-corrected chi connectivity index (χ1v) is 8.72. The van der Waals surface area contributed by atoms with Crippen molar-refractivity contribution in [3.63, 3.8) is 0 Å². The summed E-state index contributed by atoms with van der Waals surface area (Å²) in [4.78, 5) is 8.95. The second kappa shape index (κ2) is 6.45. The van der Waals surface area contributed by atoms with E-state index in [-0.39, 0.29) is 6.10 Å². The Morgan fingerprint density at radius 3 is 2.92 bits per heavy atom. The largest absolute Gasteiger partial charge is 0.486 e. The lowest BCUT2D eigenvalue weighted by atomic mass is 10.2. The van der Waals surface area contributed by atoms with E-state index < -0.39 is 0 Å². The highest BCUT2D eigenvalue weighted by molar-refractivity contribution is 5.62. The molecule has 1 atom stereocenters. The highest BCUT2D eigenvalue weighted by Gasteiger charge is 2.24. The lowest BCUT2D eigenvalue weighted by Gasteiger charge is -2.18. The first kappa shape index (κ1) is 15.4. The van der Waals surface area contributed by atoms with Gasteiger partial charge < -0.3 is 23.3 Å². The standard InChI is InChI=1S/C18H18N4O4/c1-2-14(23-7-1)18-20-16(21-26-18)11-22-6-5-19-17(22)12-3-4-13-15(10-12)25-9-8-24-13/h3-6,10,14H,1-2,7-9,11H2/t14-/m0/s1. The van der Waals surface area contributed by atoms with Crippen molar-refractivity contribution in [1.29, 1.82) is 0 Å². The molecule has 3 aromatic rings. The molecule has 0 amide bonds. The average molecular weight is 354 g/mol. The summed E-state index contributed by atoms with van der Waals surface area (Å²) in [5.41, 5.74) is 0.946. The van der Waals surface area contributed by atoms with Crippen molar-refractivity contribution in [2.24, 2.45) is 0 Å². The van der Waals surface area contributed by atoms with Gasteiger partial charge in [-0.1, -0.05) is 5.16 Å². The van der Waals surface area contributed by atoms with Crippen LogP contribution in [-0.4, -0.2) is 39.5 Å². The van der Waals surface area contributed by atoms with E-state index in [1.54, 1.807) is 6.20 Å². The third-order valence-electron chi connectivity index (χ3n) is 4.52. The summed E-state index contributed by atoms with van der Waals surface area (Å²) >= 11 is 0. The molecule has 2 aliphatic rings. The summed E-state index contributed by atoms with van der Waals surface area (Å²) in [6.07, 6.45) is 5.53. The molecule has 1 aromatic carbocycles. The fourth-order valence-corrected chi connectivity index (χ4v) is 3.27. The molecule has 0 spiro atoms. The Kier molecular flexibility index (Phi) is 3.82. The van der Waals surface area contributed by atoms with Gasteiger partial charge in [0.2, 0.25) is 0 Å². The maximum atomic E-state index is 5.66. The van der Waals surface area contributed by atoms with Gasteiger partial charge in [-0.05, 0) is 31.0 Å². The van der Waals surface area contributed by atoms with E-state index in [1.807, 2.05) is 29.0 Å². The molecule has 26 heavy (non-hydrogen) atoms. The fraction of sp³-hybridized carbons (Fsp3) is 0.389. The van der Waals surface area contributed by atoms with Crippen LogP contribution < -0.4 is 9.47 Å². The average Bonchev–Trinajstić information content (AvgIpc) is 3.43. The Labute approximate surface area is 149 Å². The zero-order chi connectivity index (χ0) is 17.3. The normalized spacial score (nSPS) is 19.0. The van der Waals surface area contributed by atoms with Crippen LogP contribution in [-0.2, 0) is 11.3 Å². The fourth-order valence-electron chi connectivity index (χ4n) is 3.27. The van der Waals surface area contributed by atoms with Crippen molar-refractivity contribution in [2.75, 3.05) is 19.8 Å². The van der Waals surface area contributed by atoms with Crippen LogP contribution in [0.1, 0.15) is 30.7 Å². The van der Waals surface area contributed by atoms with E-state index in [0.717, 1.165) is 42.3 Å². The molecule has 0 N–H and O–H groups in total. The summed E-state index contributed by atoms with van der Waals surface area (Å²) in [5.74, 6) is 3.47. The predicted molar refractivity (Wildman–Crippen MR) is 90.0 cm³/mol. The van der Waals surface area contributed by atoms with E-state index in [4.69, 9.17) is 18.7 Å². The number of fused-ring (bicyclic) bond motifs is 1. The molecule has 0 bridgehead atoms. The molecule has 1 fully saturated rings. The zero-order valence-corrected chi connectivity index (χ0v) is 14.1. The molecule has 4 heterocycles. The van der Waals surface area contributed by atoms with Crippen LogP contribution in [0.2, 0.25) is 0 Å². The van der Waals surface area contributed by atoms with Crippen LogP contribution in [0.25, 0.3) is 11.4 Å². The topological polar surface area (TPSA) is 84.4 Å². The predicted octanol–water partition coefficient (Wildman–Crippen LogP) is 2.60. The molecule has 0 unspecified atom stereocenters. The lowest BCUT2D eigenvalue weighted by Crippen LogP contribution is -2.15. The van der Waals surface area contributed by atoms with E-state index in [9.17, 15) is 0 Å². The summed E-state index contributed by atoms with van der Waals surface area (Å²) < 4.78 is 24.2. The van der Waals surface area contributed by atoms with Crippen molar-refractivity contribution in [1.82, 2.24) is 19.7 Å². The molecule has 8 nitrogen and oxygen atoms in total. The van der Waals surface area contributed by atoms with Gasteiger partial charge in [-0.15, -0.1) is 0 Å². The van der Waals surface area contributed by atoms with Gasteiger partial charge in [-0.2, -0.15) is 4.98 Å². The van der Waals surface area contributed by atoms with Crippen molar-refractivity contribution >= 4 is 0 Å². The van der Waals surface area contributed by atoms with Crippen molar-refractivity contribution < 1.29 is 18.7 Å². The van der Waals surface area contributed by atoms with Gasteiger partial charge >= 0.3 is 0 Å². The van der Waals surface area contributed by atoms with Crippen molar-refractivity contribution in [2.45, 2.75) is 25.5 Å². The minimum absolute atomic E-state index is 0.0729. The van der Waals surface area contributed by atoms with Gasteiger partial charge in [0.1, 0.15) is 25.1 Å². The zero-order valence-electron chi connectivity index (χ0n) is 14.1. The molecule has 5 rings (SSSR count). The number of rotatable bonds is 4. The van der Waals surface area contributed by atoms with E-state index in [1.165, 1.54) is 0 Å². The van der Waals surface area contributed by atoms with Gasteiger partial charge in [0, 0.05) is 24.6 Å². The Hall–Kier alpha value is -2.87. The molecule has 0 aliphatic carbocycles. The number of hydrogen-bond acceptors (Lipinski definition) is 7. The number of benzene rings is 1. The van der Waals surface area contributed by atoms with Crippen LogP contribution in [0, 0.1) is 0 Å². The van der Waals surface area contributed by atoms with Crippen molar-refractivity contribution in [3.8, 4) is 22.9 Å². The molecular formula is C18H18N4O4. The minimum Gasteiger partial charge on any atom is -0.486 e. The van der Waals surface area contributed by atoms with Crippen LogP contribution in [0.5, 0.6) is 11.5 Å². The quantitative estimate of drug-likeness (QED) is 0.712. The van der Waals surface area contributed by atoms with E-state index in [2.05, 4.69) is 15.1 Å². The molecule has 2 aromatic heterocycles. The molecule has 8 heteroatoms. The Balaban J connectivity index is 1.39. The monoisotopic (exact) mass is 354 g/mol. The Bertz CT molecular complexity index is 914. The molecule has 0 saturated carbocycles. The number of aromatic nitrogens is 4. The Morgan fingerprint density at radius 1 is 1.12 bits per heavy atom. The van der Waals surface area contributed by atoms with Gasteiger partial charge in [0.25, 0.3) is 5.89 Å². The summed E-state index contributed by atoms with van der Waals surface area (Å²) in [6, 6.07) is 5.83. The summed E-state index contributed by atoms with van der Waals surface area (Å²) in [5, 5.41) is 4.08. The van der Waals surface area contributed by atoms with Gasteiger partial charge in [-0.3, -0.25) is 0 Å². The third-order valence-corrected chi connectivity index (χ3v) is 4.52. The molecule has 0 radical (unpaired) electrons. The minimum atomic E-state index is -0.0729. The molecule has 1 saturated heterocycles. The summed E-state index contributed by atoms with van der Waals surface area (Å²) in [6.45, 7) is 2.35. The highest BCUT2D eigenvalue weighted by Crippen LogP contribution is 2.34. The highest BCUT2D eigenvalue weighted by atomic mass is 16.6. The van der Waals surface area contributed by atoms with Crippen molar-refractivity contribution in [3.05, 3.63) is 42.3 Å². The van der Waals surface area contributed by atoms with Crippen LogP contribution in [0.4, 0.5) is 0 Å². The molecule has 134 valence electrons. The lowest BCUT2D eigenvalue weighted by molar-refractivity contribution is 0.0835. The van der Waals surface area contributed by atoms with Gasteiger partial charge in [0.05, 0.1) is 6.54 Å². The number of nitrogens with zero attached hydrogens (tertiary/aromatic N) is 4. The first-order valence-electron chi connectivity index (χ1n) is 8.72. The van der Waals surface area contributed by atoms with Crippen LogP contribution in [0.3, 0.4) is 0 Å². The van der Waals surface area contributed by atoms with E-state index in [0.29, 0.717) is 31.5 Å². The SMILES string of the molecule is c1cn(Cc2noc([C@@H]3CCCO3)n2)c(-c2ccc3c(c2)OCCO3)n1. The first-order chi connectivity index (χ1) is 12.9. The Morgan fingerprint density at radius 2 is 2.04 bits per heavy atom. The third kappa shape index (κ3) is 2.82. The van der Waals surface area contributed by atoms with E-state index >= 15 is 0 Å². The molecular weight excluding hydrogens is 336 g/mol. The second-order valence-electron chi connectivity index (χ2n) is 6.29. The number of ether oxygens (including phenoxy) is 3. The smallest absolute Gasteiger partial charge is 0.255 e. The summed E-state index contributed by atoms with van der Waals surface area (Å²) in [7, 11) is 0. The maximum Gasteiger partial charge on any atom is 0.255 e. The molecule has 2 aliphatic heterocycles. The number of hydrogen-bond donors (Lipinski definition) is 0.